The molecule has 0 bridgehead atoms. The smallest absolute Gasteiger partial charge is 0.0555 e. The second kappa shape index (κ2) is 6.06. The molecule has 1 aliphatic rings. The lowest BCUT2D eigenvalue weighted by Crippen LogP contribution is -2.04. The molecule has 0 atom stereocenters. The van der Waals surface area contributed by atoms with E-state index in [0.29, 0.717) is 6.54 Å². The van der Waals surface area contributed by atoms with Crippen LogP contribution in [0.3, 0.4) is 0 Å². The predicted molar refractivity (Wildman–Crippen MR) is 121 cm³/mol. The molecule has 2 nitrogen and oxygen atoms in total. The number of benzene rings is 3. The summed E-state index contributed by atoms with van der Waals surface area (Å²) in [7, 11) is 0. The summed E-state index contributed by atoms with van der Waals surface area (Å²) in [6.07, 6.45) is 6.72. The quantitative estimate of drug-likeness (QED) is 0.368. The fourth-order valence-electron chi connectivity index (χ4n) is 4.65. The molecule has 6 rings (SSSR count). The molecule has 3 heteroatoms. The van der Waals surface area contributed by atoms with E-state index in [2.05, 4.69) is 77.4 Å². The van der Waals surface area contributed by atoms with Crippen molar-refractivity contribution >= 4 is 43.2 Å². The highest BCUT2D eigenvalue weighted by Gasteiger charge is 2.20. The van der Waals surface area contributed by atoms with Gasteiger partial charge in [-0.2, -0.15) is 0 Å². The van der Waals surface area contributed by atoms with Gasteiger partial charge in [0, 0.05) is 33.3 Å². The maximum absolute atomic E-state index is 6.08. The summed E-state index contributed by atoms with van der Waals surface area (Å²) in [5.41, 5.74) is 12.5. The van der Waals surface area contributed by atoms with Crippen LogP contribution in [0.1, 0.15) is 16.0 Å². The van der Waals surface area contributed by atoms with Gasteiger partial charge in [-0.1, -0.05) is 54.6 Å². The second-order valence-corrected chi connectivity index (χ2v) is 8.51. The van der Waals surface area contributed by atoms with Gasteiger partial charge < -0.3 is 10.3 Å². The summed E-state index contributed by atoms with van der Waals surface area (Å²) in [6.45, 7) is 0.533. The number of rotatable bonds is 2. The van der Waals surface area contributed by atoms with E-state index in [4.69, 9.17) is 5.73 Å². The number of thiophene rings is 1. The summed E-state index contributed by atoms with van der Waals surface area (Å²) < 4.78 is 3.81. The van der Waals surface area contributed by atoms with Crippen molar-refractivity contribution in [3.8, 4) is 5.69 Å². The van der Waals surface area contributed by atoms with Crippen LogP contribution in [0.15, 0.2) is 72.8 Å². The van der Waals surface area contributed by atoms with Crippen LogP contribution in [0.25, 0.3) is 37.6 Å². The number of nitrogens with zero attached hydrogens (tertiary/aromatic N) is 1. The fourth-order valence-corrected chi connectivity index (χ4v) is 6.01. The molecule has 0 spiro atoms. The van der Waals surface area contributed by atoms with Crippen molar-refractivity contribution in [1.82, 2.24) is 4.57 Å². The van der Waals surface area contributed by atoms with Crippen molar-refractivity contribution < 1.29 is 0 Å². The zero-order valence-corrected chi connectivity index (χ0v) is 16.3. The monoisotopic (exact) mass is 380 g/mol. The van der Waals surface area contributed by atoms with Crippen molar-refractivity contribution in [3.05, 3.63) is 88.8 Å². The maximum Gasteiger partial charge on any atom is 0.0555 e. The summed E-state index contributed by atoms with van der Waals surface area (Å²) in [5, 5.41) is 4.12. The molecular weight excluding hydrogens is 360 g/mol. The first-order valence-corrected chi connectivity index (χ1v) is 10.6. The Hall–Kier alpha value is -2.88. The van der Waals surface area contributed by atoms with Gasteiger partial charge >= 0.3 is 0 Å². The third-order valence-electron chi connectivity index (χ3n) is 5.92. The van der Waals surface area contributed by atoms with Gasteiger partial charge in [-0.15, -0.1) is 11.3 Å². The van der Waals surface area contributed by atoms with Gasteiger partial charge in [0.25, 0.3) is 0 Å². The molecule has 5 aromatic rings. The first-order valence-electron chi connectivity index (χ1n) is 9.76. The number of hydrogen-bond donors (Lipinski definition) is 1. The zero-order valence-electron chi connectivity index (χ0n) is 15.5. The lowest BCUT2D eigenvalue weighted by Gasteiger charge is -2.12. The van der Waals surface area contributed by atoms with Gasteiger partial charge in [-0.3, -0.25) is 0 Å². The number of para-hydroxylation sites is 2. The van der Waals surface area contributed by atoms with Crippen molar-refractivity contribution in [2.24, 2.45) is 5.73 Å². The average molecular weight is 381 g/mol. The maximum atomic E-state index is 6.08. The van der Waals surface area contributed by atoms with E-state index in [-0.39, 0.29) is 0 Å². The van der Waals surface area contributed by atoms with Crippen LogP contribution in [0.2, 0.25) is 0 Å². The van der Waals surface area contributed by atoms with Crippen LogP contribution in [-0.2, 0) is 19.4 Å². The molecule has 0 aliphatic heterocycles. The van der Waals surface area contributed by atoms with E-state index in [1.807, 2.05) is 11.3 Å². The minimum Gasteiger partial charge on any atom is -0.326 e. The fraction of sp³-hybridized carbons (Fsp3) is 0.120. The normalized spacial score (nSPS) is 13.6. The molecule has 2 heterocycles. The van der Waals surface area contributed by atoms with E-state index in [0.717, 1.165) is 12.8 Å². The first kappa shape index (κ1) is 16.1. The molecular formula is C25H20N2S. The minimum atomic E-state index is 0.533. The molecule has 2 N–H and O–H groups in total. The largest absolute Gasteiger partial charge is 0.326 e. The van der Waals surface area contributed by atoms with Gasteiger partial charge in [0.15, 0.2) is 0 Å². The molecule has 0 radical (unpaired) electrons. The summed E-state index contributed by atoms with van der Waals surface area (Å²) in [6, 6.07) is 21.9. The molecule has 0 amide bonds. The van der Waals surface area contributed by atoms with Crippen molar-refractivity contribution in [1.29, 1.82) is 0 Å². The van der Waals surface area contributed by atoms with Crippen LogP contribution in [-0.4, -0.2) is 4.57 Å². The van der Waals surface area contributed by atoms with Gasteiger partial charge in [0.1, 0.15) is 0 Å². The second-order valence-electron chi connectivity index (χ2n) is 7.41. The number of fused-ring (bicyclic) bond motifs is 7. The highest BCUT2D eigenvalue weighted by molar-refractivity contribution is 7.20. The Morgan fingerprint density at radius 3 is 2.57 bits per heavy atom. The molecule has 0 fully saturated rings. The van der Waals surface area contributed by atoms with E-state index in [1.54, 1.807) is 0 Å². The molecule has 1 aliphatic carbocycles. The van der Waals surface area contributed by atoms with Crippen LogP contribution in [0, 0.1) is 0 Å². The number of hydrogen-bond acceptors (Lipinski definition) is 2. The Morgan fingerprint density at radius 2 is 1.64 bits per heavy atom. The zero-order chi connectivity index (χ0) is 18.7. The Labute approximate surface area is 167 Å². The predicted octanol–water partition coefficient (Wildman–Crippen LogP) is 6.11. The van der Waals surface area contributed by atoms with Crippen LogP contribution >= 0.6 is 11.3 Å². The standard InChI is InChI=1S/C25H20N2S/c26-15-16-7-1-4-10-20(16)27-21-11-5-2-9-19(21)24-22(27)14-13-18-17-8-3-6-12-23(17)28-25(18)24/h1-7,9-11,13-14H,8,12,15,26H2. The summed E-state index contributed by atoms with van der Waals surface area (Å²) in [4.78, 5) is 1.52. The molecule has 2 aromatic heterocycles. The van der Waals surface area contributed by atoms with E-state index in [9.17, 15) is 0 Å². The van der Waals surface area contributed by atoms with Gasteiger partial charge in [0.2, 0.25) is 0 Å². The SMILES string of the molecule is NCc1ccccc1-n1c2ccccc2c2c3sc4c(c3ccc21)CC=CC4. The lowest BCUT2D eigenvalue weighted by molar-refractivity contribution is 1.03. The first-order chi connectivity index (χ1) is 13.9. The van der Waals surface area contributed by atoms with Gasteiger partial charge in [0.05, 0.1) is 16.7 Å². The van der Waals surface area contributed by atoms with Crippen molar-refractivity contribution in [3.63, 3.8) is 0 Å². The van der Waals surface area contributed by atoms with Gasteiger partial charge in [-0.25, -0.2) is 0 Å². The van der Waals surface area contributed by atoms with Crippen LogP contribution < -0.4 is 5.73 Å². The van der Waals surface area contributed by atoms with Crippen LogP contribution in [0.4, 0.5) is 0 Å². The number of aromatic nitrogens is 1. The van der Waals surface area contributed by atoms with E-state index < -0.39 is 0 Å². The molecule has 3 aromatic carbocycles. The molecule has 0 unspecified atom stereocenters. The van der Waals surface area contributed by atoms with E-state index >= 15 is 0 Å². The Morgan fingerprint density at radius 1 is 0.821 bits per heavy atom. The molecule has 28 heavy (non-hydrogen) atoms. The summed E-state index contributed by atoms with van der Waals surface area (Å²) >= 11 is 1.97. The van der Waals surface area contributed by atoms with Gasteiger partial charge in [-0.05, 0) is 41.1 Å². The lowest BCUT2D eigenvalue weighted by atomic mass is 10.0. The van der Waals surface area contributed by atoms with Crippen molar-refractivity contribution in [2.45, 2.75) is 19.4 Å². The Bertz CT molecular complexity index is 1400. The highest BCUT2D eigenvalue weighted by atomic mass is 32.1. The van der Waals surface area contributed by atoms with Crippen molar-refractivity contribution in [2.75, 3.05) is 0 Å². The number of allylic oxidation sites excluding steroid dienone is 2. The summed E-state index contributed by atoms with van der Waals surface area (Å²) in [5.74, 6) is 0. The average Bonchev–Trinajstić information content (AvgIpc) is 3.29. The number of nitrogens with two attached hydrogens (primary N) is 1. The van der Waals surface area contributed by atoms with Crippen LogP contribution in [0.5, 0.6) is 0 Å². The Kier molecular flexibility index (Phi) is 3.49. The Balaban J connectivity index is 1.80. The third-order valence-corrected chi connectivity index (χ3v) is 7.21. The highest BCUT2D eigenvalue weighted by Crippen LogP contribution is 2.43. The third kappa shape index (κ3) is 2.12. The molecule has 136 valence electrons. The minimum absolute atomic E-state index is 0.533. The van der Waals surface area contributed by atoms with E-state index in [1.165, 1.54) is 53.6 Å². The molecule has 0 saturated heterocycles. The molecule has 0 saturated carbocycles. The topological polar surface area (TPSA) is 30.9 Å².